The van der Waals surface area contributed by atoms with Gasteiger partial charge >= 0.3 is 0 Å². The van der Waals surface area contributed by atoms with Gasteiger partial charge in [-0.2, -0.15) is 0 Å². The molecule has 2 heterocycles. The molecule has 2 aromatic carbocycles. The van der Waals surface area contributed by atoms with E-state index in [1.54, 1.807) is 30.9 Å². The number of nitrogens with one attached hydrogen (secondary N) is 2. The Morgan fingerprint density at radius 3 is 2.72 bits per heavy atom. The van der Waals surface area contributed by atoms with E-state index in [2.05, 4.69) is 20.3 Å². The maximum absolute atomic E-state index is 11.9. The van der Waals surface area contributed by atoms with Gasteiger partial charge in [-0.3, -0.25) is 4.79 Å². The van der Waals surface area contributed by atoms with Gasteiger partial charge in [0.25, 0.3) is 5.91 Å². The Hall–Kier alpha value is -2.80. The number of anilines is 1. The van der Waals surface area contributed by atoms with Crippen molar-refractivity contribution in [2.24, 2.45) is 0 Å². The molecule has 146 valence electrons. The van der Waals surface area contributed by atoms with Crippen molar-refractivity contribution in [1.82, 2.24) is 19.5 Å². The highest BCUT2D eigenvalue weighted by molar-refractivity contribution is 6.54. The summed E-state index contributed by atoms with van der Waals surface area (Å²) < 4.78 is 1.87. The molecule has 0 aliphatic carbocycles. The topological polar surface area (TPSA) is 75.6 Å². The Balaban J connectivity index is 1.76. The monoisotopic (exact) mass is 445 g/mol. The van der Waals surface area contributed by atoms with E-state index in [1.165, 1.54) is 0 Å². The van der Waals surface area contributed by atoms with Crippen molar-refractivity contribution >= 4 is 46.4 Å². The smallest absolute Gasteiger partial charge is 0.257 e. The number of benzene rings is 2. The molecule has 0 unspecified atom stereocenters. The summed E-state index contributed by atoms with van der Waals surface area (Å²) >= 11 is 17.8. The highest BCUT2D eigenvalue weighted by Gasteiger charge is 2.17. The third kappa shape index (κ3) is 4.00. The normalized spacial score (nSPS) is 11.0. The van der Waals surface area contributed by atoms with Gasteiger partial charge in [0, 0.05) is 23.5 Å². The fourth-order valence-electron chi connectivity index (χ4n) is 2.97. The summed E-state index contributed by atoms with van der Waals surface area (Å²) in [7, 11) is 0. The summed E-state index contributed by atoms with van der Waals surface area (Å²) in [4.78, 5) is 22.6. The number of carbonyl (C=O) groups excluding carboxylic acids is 1. The van der Waals surface area contributed by atoms with Gasteiger partial charge in [0.1, 0.15) is 5.82 Å². The number of H-pyrrole nitrogens is 1. The van der Waals surface area contributed by atoms with E-state index in [-0.39, 0.29) is 0 Å². The van der Waals surface area contributed by atoms with Gasteiger partial charge in [-0.25, -0.2) is 9.97 Å². The van der Waals surface area contributed by atoms with Crippen LogP contribution in [0.5, 0.6) is 0 Å². The summed E-state index contributed by atoms with van der Waals surface area (Å²) in [6, 6.07) is 12.9. The van der Waals surface area contributed by atoms with Crippen LogP contribution in [0.15, 0.2) is 67.4 Å². The number of hydrogen-bond donors (Lipinski definition) is 2. The second-order valence-electron chi connectivity index (χ2n) is 6.08. The van der Waals surface area contributed by atoms with E-state index in [0.29, 0.717) is 22.1 Å². The van der Waals surface area contributed by atoms with E-state index < -0.39 is 10.7 Å². The molecule has 2 N–H and O–H groups in total. The van der Waals surface area contributed by atoms with E-state index >= 15 is 0 Å². The highest BCUT2D eigenvalue weighted by atomic mass is 35.5. The van der Waals surface area contributed by atoms with Crippen molar-refractivity contribution in [3.8, 4) is 28.3 Å². The van der Waals surface area contributed by atoms with Gasteiger partial charge < -0.3 is 14.9 Å². The van der Waals surface area contributed by atoms with Crippen molar-refractivity contribution in [3.05, 3.63) is 72.4 Å². The van der Waals surface area contributed by atoms with Crippen molar-refractivity contribution in [1.29, 1.82) is 0 Å². The lowest BCUT2D eigenvalue weighted by Gasteiger charge is -2.11. The Bertz CT molecular complexity index is 1150. The predicted molar refractivity (Wildman–Crippen MR) is 116 cm³/mol. The number of rotatable bonds is 5. The summed E-state index contributed by atoms with van der Waals surface area (Å²) in [6.07, 6.45) is 6.93. The van der Waals surface area contributed by atoms with Gasteiger partial charge in [-0.1, -0.05) is 53.0 Å². The largest absolute Gasteiger partial charge is 0.338 e. The molecule has 6 nitrogen and oxygen atoms in total. The average molecular weight is 447 g/mol. The molecule has 0 aliphatic heterocycles. The van der Waals surface area contributed by atoms with Crippen LogP contribution in [0.25, 0.3) is 28.3 Å². The number of para-hydroxylation sites is 1. The van der Waals surface area contributed by atoms with Crippen LogP contribution in [0.1, 0.15) is 0 Å². The number of aromatic amines is 1. The minimum absolute atomic E-state index is 0.513. The first-order valence-corrected chi connectivity index (χ1v) is 9.80. The molecule has 0 saturated carbocycles. The standard InChI is InChI=1S/C20H14Cl3N5O/c21-13-5-3-7-16(28-9-8-24-11-28)17(13)15-10-25-19(26-15)12-4-1-2-6-14(12)27-20(29)18(22)23/h1-11,18H,(H,25,26)(H,27,29). The SMILES string of the molecule is O=C(Nc1ccccc1-c1ncc(-c2c(Cl)cccc2-n2ccnc2)[nH]1)C(Cl)Cl. The molecule has 9 heteroatoms. The zero-order chi connectivity index (χ0) is 20.4. The van der Waals surface area contributed by atoms with Gasteiger partial charge in [0.15, 0.2) is 4.84 Å². The number of aromatic nitrogens is 4. The Morgan fingerprint density at radius 2 is 1.97 bits per heavy atom. The van der Waals surface area contributed by atoms with Crippen LogP contribution in [-0.4, -0.2) is 30.3 Å². The minimum atomic E-state index is -1.17. The van der Waals surface area contributed by atoms with Crippen molar-refractivity contribution in [2.75, 3.05) is 5.32 Å². The molecular weight excluding hydrogens is 433 g/mol. The first kappa shape index (κ1) is 19.5. The number of halogens is 3. The van der Waals surface area contributed by atoms with Crippen LogP contribution in [0.4, 0.5) is 5.69 Å². The number of carbonyl (C=O) groups is 1. The van der Waals surface area contributed by atoms with Crippen LogP contribution in [0.2, 0.25) is 5.02 Å². The van der Waals surface area contributed by atoms with Crippen LogP contribution in [-0.2, 0) is 4.79 Å². The number of alkyl halides is 2. The third-order valence-electron chi connectivity index (χ3n) is 4.26. The zero-order valence-corrected chi connectivity index (χ0v) is 17.1. The number of nitrogens with zero attached hydrogens (tertiary/aromatic N) is 3. The average Bonchev–Trinajstić information content (AvgIpc) is 3.40. The molecule has 4 rings (SSSR count). The van der Waals surface area contributed by atoms with E-state index in [1.807, 2.05) is 41.1 Å². The van der Waals surface area contributed by atoms with Gasteiger partial charge in [-0.15, -0.1) is 0 Å². The molecule has 0 spiro atoms. The van der Waals surface area contributed by atoms with Crippen molar-refractivity contribution in [3.63, 3.8) is 0 Å². The second kappa shape index (κ2) is 8.29. The van der Waals surface area contributed by atoms with Gasteiger partial charge in [0.05, 0.1) is 34.6 Å². The van der Waals surface area contributed by atoms with Crippen LogP contribution >= 0.6 is 34.8 Å². The van der Waals surface area contributed by atoms with E-state index in [9.17, 15) is 4.79 Å². The maximum atomic E-state index is 11.9. The quantitative estimate of drug-likeness (QED) is 0.407. The Labute approximate surface area is 181 Å². The molecule has 2 aromatic heterocycles. The third-order valence-corrected chi connectivity index (χ3v) is 4.97. The fraction of sp³-hybridized carbons (Fsp3) is 0.0500. The maximum Gasteiger partial charge on any atom is 0.257 e. The van der Waals surface area contributed by atoms with Crippen LogP contribution < -0.4 is 5.32 Å². The minimum Gasteiger partial charge on any atom is -0.338 e. The molecule has 0 radical (unpaired) electrons. The van der Waals surface area contributed by atoms with Gasteiger partial charge in [-0.05, 0) is 24.3 Å². The summed E-state index contributed by atoms with van der Waals surface area (Å²) in [5.41, 5.74) is 3.60. The lowest BCUT2D eigenvalue weighted by atomic mass is 10.1. The van der Waals surface area contributed by atoms with E-state index in [0.717, 1.165) is 16.9 Å². The number of amides is 1. The lowest BCUT2D eigenvalue weighted by Crippen LogP contribution is -2.19. The molecular formula is C20H14Cl3N5O. The summed E-state index contributed by atoms with van der Waals surface area (Å²) in [5.74, 6) is 0.0501. The van der Waals surface area contributed by atoms with Crippen molar-refractivity contribution < 1.29 is 4.79 Å². The zero-order valence-electron chi connectivity index (χ0n) is 14.8. The van der Waals surface area contributed by atoms with E-state index in [4.69, 9.17) is 34.8 Å². The van der Waals surface area contributed by atoms with Gasteiger partial charge in [0.2, 0.25) is 0 Å². The Morgan fingerprint density at radius 1 is 1.14 bits per heavy atom. The van der Waals surface area contributed by atoms with Crippen LogP contribution in [0.3, 0.4) is 0 Å². The first-order chi connectivity index (χ1) is 14.0. The highest BCUT2D eigenvalue weighted by Crippen LogP contribution is 2.35. The second-order valence-corrected chi connectivity index (χ2v) is 7.59. The van der Waals surface area contributed by atoms with Crippen molar-refractivity contribution in [2.45, 2.75) is 4.84 Å². The molecule has 4 aromatic rings. The number of hydrogen-bond acceptors (Lipinski definition) is 3. The summed E-state index contributed by atoms with van der Waals surface area (Å²) in [6.45, 7) is 0. The van der Waals surface area contributed by atoms with Crippen LogP contribution in [0, 0.1) is 0 Å². The summed E-state index contributed by atoms with van der Waals surface area (Å²) in [5, 5.41) is 3.27. The fourth-order valence-corrected chi connectivity index (χ4v) is 3.35. The molecule has 0 aliphatic rings. The predicted octanol–water partition coefficient (Wildman–Crippen LogP) is 5.33. The Kier molecular flexibility index (Phi) is 5.58. The molecule has 0 saturated heterocycles. The molecule has 0 bridgehead atoms. The first-order valence-electron chi connectivity index (χ1n) is 8.55. The molecule has 1 amide bonds. The lowest BCUT2D eigenvalue weighted by molar-refractivity contribution is -0.114. The number of imidazole rings is 2. The molecule has 0 fully saturated rings. The molecule has 29 heavy (non-hydrogen) atoms. The molecule has 0 atom stereocenters.